The van der Waals surface area contributed by atoms with Gasteiger partial charge in [-0.25, -0.2) is 4.79 Å². The predicted octanol–water partition coefficient (Wildman–Crippen LogP) is 1.26. The highest BCUT2D eigenvalue weighted by Crippen LogP contribution is 2.32. The lowest BCUT2D eigenvalue weighted by Crippen LogP contribution is -2.47. The Morgan fingerprint density at radius 1 is 1.12 bits per heavy atom. The minimum atomic E-state index is -0.749. The summed E-state index contributed by atoms with van der Waals surface area (Å²) in [6, 6.07) is 4.78. The molecular weight excluding hydrogens is 442 g/mol. The minimum absolute atomic E-state index is 0.0110. The number of rotatable bonds is 8. The van der Waals surface area contributed by atoms with Gasteiger partial charge in [0, 0.05) is 25.7 Å². The van der Waals surface area contributed by atoms with Crippen molar-refractivity contribution in [2.75, 3.05) is 37.6 Å². The fourth-order valence-corrected chi connectivity index (χ4v) is 3.68. The molecule has 3 N–H and O–H groups in total. The van der Waals surface area contributed by atoms with Gasteiger partial charge in [0.2, 0.25) is 12.7 Å². The zero-order chi connectivity index (χ0) is 25.2. The molecule has 11 heteroatoms. The van der Waals surface area contributed by atoms with Crippen LogP contribution in [0, 0.1) is 11.8 Å². The van der Waals surface area contributed by atoms with E-state index in [1.165, 1.54) is 21.4 Å². The Labute approximate surface area is 197 Å². The SMILES string of the molecule is CC(C)CN(C(=O)CN(C)C(=O)c1ccc2c(c1)OCO2)c1c(N)n(CC(C)C)c(=O)[nH]c1=O. The molecule has 1 aromatic heterocycles. The van der Waals surface area contributed by atoms with E-state index in [4.69, 9.17) is 15.2 Å². The first kappa shape index (κ1) is 24.9. The summed E-state index contributed by atoms with van der Waals surface area (Å²) >= 11 is 0. The molecule has 0 aliphatic carbocycles. The van der Waals surface area contributed by atoms with Crippen LogP contribution in [0.3, 0.4) is 0 Å². The zero-order valence-electron chi connectivity index (χ0n) is 20.1. The van der Waals surface area contributed by atoms with E-state index in [2.05, 4.69) is 4.98 Å². The Hall–Kier alpha value is -3.76. The molecule has 0 saturated heterocycles. The Balaban J connectivity index is 1.90. The Morgan fingerprint density at radius 2 is 1.79 bits per heavy atom. The number of aromatic amines is 1. The van der Waals surface area contributed by atoms with Crippen molar-refractivity contribution in [3.8, 4) is 11.5 Å². The lowest BCUT2D eigenvalue weighted by Gasteiger charge is -2.28. The maximum absolute atomic E-state index is 13.3. The van der Waals surface area contributed by atoms with Gasteiger partial charge in [0.25, 0.3) is 11.5 Å². The van der Waals surface area contributed by atoms with Crippen molar-refractivity contribution in [2.24, 2.45) is 11.8 Å². The van der Waals surface area contributed by atoms with Crippen molar-refractivity contribution in [3.63, 3.8) is 0 Å². The first-order chi connectivity index (χ1) is 16.0. The minimum Gasteiger partial charge on any atom is -0.454 e. The summed E-state index contributed by atoms with van der Waals surface area (Å²) in [5.41, 5.74) is 5.08. The van der Waals surface area contributed by atoms with Gasteiger partial charge < -0.3 is 25.0 Å². The number of carbonyl (C=O) groups excluding carboxylic acids is 2. The fraction of sp³-hybridized carbons (Fsp3) is 0.478. The van der Waals surface area contributed by atoms with Crippen molar-refractivity contribution < 1.29 is 19.1 Å². The van der Waals surface area contributed by atoms with E-state index in [9.17, 15) is 19.2 Å². The van der Waals surface area contributed by atoms with E-state index in [0.717, 1.165) is 0 Å². The molecule has 1 aromatic carbocycles. The average molecular weight is 474 g/mol. The smallest absolute Gasteiger partial charge is 0.330 e. The van der Waals surface area contributed by atoms with Crippen LogP contribution in [0.4, 0.5) is 11.5 Å². The fourth-order valence-electron chi connectivity index (χ4n) is 3.68. The number of nitrogens with two attached hydrogens (primary N) is 1. The first-order valence-electron chi connectivity index (χ1n) is 11.1. The highest BCUT2D eigenvalue weighted by molar-refractivity contribution is 6.01. The van der Waals surface area contributed by atoms with Crippen LogP contribution >= 0.6 is 0 Å². The number of nitrogens with one attached hydrogen (secondary N) is 1. The normalized spacial score (nSPS) is 12.3. The molecule has 2 amide bonds. The molecule has 0 spiro atoms. The van der Waals surface area contributed by atoms with Gasteiger partial charge in [-0.3, -0.25) is 23.9 Å². The maximum Gasteiger partial charge on any atom is 0.330 e. The van der Waals surface area contributed by atoms with Gasteiger partial charge in [-0.1, -0.05) is 27.7 Å². The number of nitrogen functional groups attached to an aromatic ring is 1. The number of anilines is 2. The number of amides is 2. The van der Waals surface area contributed by atoms with Crippen LogP contribution in [0.2, 0.25) is 0 Å². The number of hydrogen-bond acceptors (Lipinski definition) is 7. The largest absolute Gasteiger partial charge is 0.454 e. The van der Waals surface area contributed by atoms with Crippen LogP contribution in [-0.2, 0) is 11.3 Å². The number of carbonyl (C=O) groups is 2. The average Bonchev–Trinajstić information content (AvgIpc) is 3.22. The van der Waals surface area contributed by atoms with Gasteiger partial charge in [-0.15, -0.1) is 0 Å². The zero-order valence-corrected chi connectivity index (χ0v) is 20.1. The van der Waals surface area contributed by atoms with Gasteiger partial charge in [0.1, 0.15) is 12.4 Å². The number of nitrogens with zero attached hydrogens (tertiary/aromatic N) is 3. The third kappa shape index (κ3) is 5.24. The van der Waals surface area contributed by atoms with E-state index < -0.39 is 23.1 Å². The summed E-state index contributed by atoms with van der Waals surface area (Å²) in [4.78, 5) is 56.1. The Kier molecular flexibility index (Phi) is 7.33. The predicted molar refractivity (Wildman–Crippen MR) is 127 cm³/mol. The molecular formula is C23H31N5O6. The quantitative estimate of drug-likeness (QED) is 0.588. The number of benzene rings is 1. The Bertz CT molecular complexity index is 1200. The van der Waals surface area contributed by atoms with Crippen molar-refractivity contribution in [3.05, 3.63) is 44.6 Å². The molecule has 184 valence electrons. The number of H-pyrrole nitrogens is 1. The van der Waals surface area contributed by atoms with Crippen LogP contribution in [0.1, 0.15) is 38.1 Å². The second kappa shape index (κ2) is 10.0. The molecule has 0 saturated carbocycles. The third-order valence-electron chi connectivity index (χ3n) is 5.22. The molecule has 0 fully saturated rings. The van der Waals surface area contributed by atoms with Crippen LogP contribution in [0.25, 0.3) is 0 Å². The van der Waals surface area contributed by atoms with Gasteiger partial charge in [0.15, 0.2) is 17.2 Å². The summed E-state index contributed by atoms with van der Waals surface area (Å²) in [5, 5.41) is 0. The molecule has 0 radical (unpaired) electrons. The summed E-state index contributed by atoms with van der Waals surface area (Å²) in [5.74, 6) is 0.0890. The van der Waals surface area contributed by atoms with Gasteiger partial charge in [-0.2, -0.15) is 0 Å². The highest BCUT2D eigenvalue weighted by Gasteiger charge is 2.27. The molecule has 2 heterocycles. The number of likely N-dealkylation sites (N-methyl/N-ethyl adjacent to an activating group) is 1. The van der Waals surface area contributed by atoms with Crippen LogP contribution in [0.5, 0.6) is 11.5 Å². The van der Waals surface area contributed by atoms with Gasteiger partial charge in [0.05, 0.1) is 0 Å². The van der Waals surface area contributed by atoms with E-state index in [-0.39, 0.29) is 49.8 Å². The van der Waals surface area contributed by atoms with Crippen molar-refractivity contribution >= 4 is 23.3 Å². The van der Waals surface area contributed by atoms with E-state index in [1.807, 2.05) is 27.7 Å². The van der Waals surface area contributed by atoms with Gasteiger partial charge in [-0.05, 0) is 30.0 Å². The Morgan fingerprint density at radius 3 is 2.44 bits per heavy atom. The van der Waals surface area contributed by atoms with Crippen molar-refractivity contribution in [1.82, 2.24) is 14.5 Å². The molecule has 11 nitrogen and oxygen atoms in total. The molecule has 0 bridgehead atoms. The molecule has 1 aliphatic heterocycles. The third-order valence-corrected chi connectivity index (χ3v) is 5.22. The second-order valence-corrected chi connectivity index (χ2v) is 9.13. The summed E-state index contributed by atoms with van der Waals surface area (Å²) in [6.07, 6.45) is 0. The van der Waals surface area contributed by atoms with Crippen LogP contribution in [-0.4, -0.2) is 53.2 Å². The molecule has 0 atom stereocenters. The van der Waals surface area contributed by atoms with E-state index in [1.54, 1.807) is 18.2 Å². The van der Waals surface area contributed by atoms with Crippen LogP contribution < -0.4 is 31.4 Å². The summed E-state index contributed by atoms with van der Waals surface area (Å²) < 4.78 is 11.8. The number of hydrogen-bond donors (Lipinski definition) is 2. The number of aromatic nitrogens is 2. The molecule has 1 aliphatic rings. The van der Waals surface area contributed by atoms with Crippen molar-refractivity contribution in [1.29, 1.82) is 0 Å². The molecule has 34 heavy (non-hydrogen) atoms. The van der Waals surface area contributed by atoms with Gasteiger partial charge >= 0.3 is 5.69 Å². The number of fused-ring (bicyclic) bond motifs is 1. The molecule has 0 unspecified atom stereocenters. The van der Waals surface area contributed by atoms with Crippen molar-refractivity contribution in [2.45, 2.75) is 34.2 Å². The number of ether oxygens (including phenoxy) is 2. The summed E-state index contributed by atoms with van der Waals surface area (Å²) in [7, 11) is 1.49. The summed E-state index contributed by atoms with van der Waals surface area (Å²) in [6.45, 7) is 7.82. The highest BCUT2D eigenvalue weighted by atomic mass is 16.7. The lowest BCUT2D eigenvalue weighted by atomic mass is 10.1. The van der Waals surface area contributed by atoms with E-state index in [0.29, 0.717) is 17.1 Å². The lowest BCUT2D eigenvalue weighted by molar-refractivity contribution is -0.119. The second-order valence-electron chi connectivity index (χ2n) is 9.13. The molecule has 2 aromatic rings. The topological polar surface area (TPSA) is 140 Å². The standard InChI is InChI=1S/C23H31N5O6/c1-13(2)9-27(19-20(24)28(10-14(3)4)23(32)25-21(19)30)18(29)11-26(5)22(31)15-6-7-16-17(8-15)34-12-33-16/h6-8,13-14H,9-12,24H2,1-5H3,(H,25,30,32). The molecule has 3 rings (SSSR count). The van der Waals surface area contributed by atoms with Crippen LogP contribution in [0.15, 0.2) is 27.8 Å². The maximum atomic E-state index is 13.3. The van der Waals surface area contributed by atoms with E-state index >= 15 is 0 Å². The first-order valence-corrected chi connectivity index (χ1v) is 11.1. The monoisotopic (exact) mass is 473 g/mol.